The molecule has 1 aliphatic rings. The molecule has 86 valence electrons. The van der Waals surface area contributed by atoms with Gasteiger partial charge in [0, 0.05) is 18.0 Å². The van der Waals surface area contributed by atoms with Gasteiger partial charge >= 0.3 is 0 Å². The van der Waals surface area contributed by atoms with Crippen LogP contribution in [0.5, 0.6) is 0 Å². The van der Waals surface area contributed by atoms with Crippen molar-refractivity contribution in [2.45, 2.75) is 25.2 Å². The van der Waals surface area contributed by atoms with Gasteiger partial charge in [-0.25, -0.2) is 0 Å². The Morgan fingerprint density at radius 2 is 1.94 bits per heavy atom. The fraction of sp³-hybridized carbons (Fsp3) is 0.462. The van der Waals surface area contributed by atoms with Gasteiger partial charge < -0.3 is 0 Å². The summed E-state index contributed by atoms with van der Waals surface area (Å²) in [5, 5.41) is 1.57. The van der Waals surface area contributed by atoms with E-state index in [0.717, 1.165) is 23.0 Å². The second-order valence-corrected chi connectivity index (χ2v) is 5.13. The number of nitrogens with zero attached hydrogens (tertiary/aromatic N) is 1. The molecule has 0 spiro atoms. The molecule has 0 bridgehead atoms. The predicted molar refractivity (Wildman–Crippen MR) is 70.7 cm³/mol. The fourth-order valence-electron chi connectivity index (χ4n) is 2.42. The van der Waals surface area contributed by atoms with Gasteiger partial charge in [-0.3, -0.25) is 4.99 Å². The normalized spacial score (nSPS) is 26.1. The van der Waals surface area contributed by atoms with Crippen LogP contribution in [0.2, 0.25) is 5.02 Å². The molecule has 0 amide bonds. The van der Waals surface area contributed by atoms with E-state index in [1.807, 2.05) is 12.1 Å². The summed E-state index contributed by atoms with van der Waals surface area (Å²) in [6.07, 6.45) is 3.44. The highest BCUT2D eigenvalue weighted by molar-refractivity contribution is 6.65. The molecule has 16 heavy (non-hydrogen) atoms. The maximum atomic E-state index is 6.08. The van der Waals surface area contributed by atoms with E-state index in [1.54, 1.807) is 7.05 Å². The zero-order chi connectivity index (χ0) is 11.5. The number of aliphatic imine (C=N–C) groups is 1. The third kappa shape index (κ3) is 2.58. The van der Waals surface area contributed by atoms with Crippen LogP contribution in [0.25, 0.3) is 0 Å². The average Bonchev–Trinajstić information content (AvgIpc) is 2.78. The van der Waals surface area contributed by atoms with Gasteiger partial charge in [0.15, 0.2) is 0 Å². The molecule has 0 aromatic heterocycles. The number of benzene rings is 1. The topological polar surface area (TPSA) is 12.4 Å². The van der Waals surface area contributed by atoms with Gasteiger partial charge in [0.25, 0.3) is 0 Å². The minimum absolute atomic E-state index is 0.451. The quantitative estimate of drug-likeness (QED) is 0.691. The van der Waals surface area contributed by atoms with Crippen molar-refractivity contribution in [2.24, 2.45) is 10.9 Å². The summed E-state index contributed by atoms with van der Waals surface area (Å²) < 4.78 is 0. The third-order valence-corrected chi connectivity index (χ3v) is 4.05. The zero-order valence-corrected chi connectivity index (χ0v) is 10.8. The van der Waals surface area contributed by atoms with Gasteiger partial charge in [-0.15, -0.1) is 0 Å². The molecule has 3 heteroatoms. The van der Waals surface area contributed by atoms with Gasteiger partial charge in [0.05, 0.1) is 0 Å². The molecule has 2 unspecified atom stereocenters. The smallest absolute Gasteiger partial charge is 0.103 e. The Labute approximate surface area is 106 Å². The first-order valence-electron chi connectivity index (χ1n) is 5.58. The van der Waals surface area contributed by atoms with Crippen molar-refractivity contribution in [2.75, 3.05) is 7.05 Å². The van der Waals surface area contributed by atoms with Crippen molar-refractivity contribution in [3.8, 4) is 0 Å². The molecule has 1 fully saturated rings. The minimum Gasteiger partial charge on any atom is -0.281 e. The SMILES string of the molecule is CN=C(Cl)C1CCC(c2ccc(Cl)cc2)C1. The predicted octanol–water partition coefficient (Wildman–Crippen LogP) is 4.49. The molecule has 0 saturated heterocycles. The van der Waals surface area contributed by atoms with Crippen molar-refractivity contribution in [1.29, 1.82) is 0 Å². The molecule has 2 atom stereocenters. The molecule has 1 aromatic rings. The lowest BCUT2D eigenvalue weighted by Gasteiger charge is -2.10. The Kier molecular flexibility index (Phi) is 3.88. The first kappa shape index (κ1) is 11.9. The lowest BCUT2D eigenvalue weighted by atomic mass is 9.97. The maximum absolute atomic E-state index is 6.08. The van der Waals surface area contributed by atoms with Crippen LogP contribution in [0.15, 0.2) is 29.3 Å². The lowest BCUT2D eigenvalue weighted by molar-refractivity contribution is 0.692. The van der Waals surface area contributed by atoms with Crippen LogP contribution in [0.1, 0.15) is 30.7 Å². The van der Waals surface area contributed by atoms with Gasteiger partial charge in [-0.1, -0.05) is 35.3 Å². The number of rotatable bonds is 2. The summed E-state index contributed by atoms with van der Waals surface area (Å²) in [4.78, 5) is 4.07. The van der Waals surface area contributed by atoms with E-state index in [9.17, 15) is 0 Å². The Hall–Kier alpha value is -0.530. The Morgan fingerprint density at radius 1 is 1.25 bits per heavy atom. The first-order chi connectivity index (χ1) is 7.70. The van der Waals surface area contributed by atoms with E-state index in [4.69, 9.17) is 23.2 Å². The van der Waals surface area contributed by atoms with Crippen molar-refractivity contribution in [3.05, 3.63) is 34.9 Å². The van der Waals surface area contributed by atoms with Gasteiger partial charge in [0.1, 0.15) is 5.17 Å². The van der Waals surface area contributed by atoms with Crippen molar-refractivity contribution in [1.82, 2.24) is 0 Å². The standard InChI is InChI=1S/C13H15Cl2N/c1-16-13(15)11-3-2-10(8-11)9-4-6-12(14)7-5-9/h4-7,10-11H,2-3,8H2,1H3. The Bertz CT molecular complexity index is 383. The summed E-state index contributed by atoms with van der Waals surface area (Å²) in [6, 6.07) is 8.15. The second-order valence-electron chi connectivity index (χ2n) is 4.30. The van der Waals surface area contributed by atoms with E-state index in [2.05, 4.69) is 17.1 Å². The van der Waals surface area contributed by atoms with E-state index >= 15 is 0 Å². The van der Waals surface area contributed by atoms with E-state index in [-0.39, 0.29) is 0 Å². The van der Waals surface area contributed by atoms with Gasteiger partial charge in [-0.2, -0.15) is 0 Å². The zero-order valence-electron chi connectivity index (χ0n) is 9.29. The van der Waals surface area contributed by atoms with Gasteiger partial charge in [-0.05, 0) is 42.9 Å². The molecule has 0 radical (unpaired) electrons. The van der Waals surface area contributed by atoms with Crippen LogP contribution in [-0.2, 0) is 0 Å². The van der Waals surface area contributed by atoms with Crippen LogP contribution < -0.4 is 0 Å². The van der Waals surface area contributed by atoms with Crippen LogP contribution >= 0.6 is 23.2 Å². The number of hydrogen-bond acceptors (Lipinski definition) is 1. The Morgan fingerprint density at radius 3 is 2.56 bits per heavy atom. The van der Waals surface area contributed by atoms with Gasteiger partial charge in [0.2, 0.25) is 0 Å². The highest BCUT2D eigenvalue weighted by atomic mass is 35.5. The summed E-state index contributed by atoms with van der Waals surface area (Å²) in [6.45, 7) is 0. The average molecular weight is 256 g/mol. The molecule has 1 aliphatic carbocycles. The lowest BCUT2D eigenvalue weighted by Crippen LogP contribution is -2.04. The molecular formula is C13H15Cl2N. The highest BCUT2D eigenvalue weighted by Gasteiger charge is 2.28. The number of halogens is 2. The van der Waals surface area contributed by atoms with Crippen molar-refractivity contribution < 1.29 is 0 Å². The molecular weight excluding hydrogens is 241 g/mol. The summed E-state index contributed by atoms with van der Waals surface area (Å²) in [5.74, 6) is 1.06. The maximum Gasteiger partial charge on any atom is 0.103 e. The largest absolute Gasteiger partial charge is 0.281 e. The molecule has 0 heterocycles. The summed E-state index contributed by atoms with van der Waals surface area (Å²) in [5.41, 5.74) is 1.37. The van der Waals surface area contributed by atoms with Crippen molar-refractivity contribution in [3.63, 3.8) is 0 Å². The molecule has 2 rings (SSSR count). The number of hydrogen-bond donors (Lipinski definition) is 0. The molecule has 0 N–H and O–H groups in total. The third-order valence-electron chi connectivity index (χ3n) is 3.32. The minimum atomic E-state index is 0.451. The monoisotopic (exact) mass is 255 g/mol. The van der Waals surface area contributed by atoms with E-state index < -0.39 is 0 Å². The molecule has 1 saturated carbocycles. The van der Waals surface area contributed by atoms with Crippen LogP contribution in [0.3, 0.4) is 0 Å². The van der Waals surface area contributed by atoms with Crippen LogP contribution in [-0.4, -0.2) is 12.2 Å². The molecule has 0 aliphatic heterocycles. The Balaban J connectivity index is 2.06. The highest BCUT2D eigenvalue weighted by Crippen LogP contribution is 2.39. The fourth-order valence-corrected chi connectivity index (χ4v) is 2.74. The molecule has 1 nitrogen and oxygen atoms in total. The first-order valence-corrected chi connectivity index (χ1v) is 6.34. The van der Waals surface area contributed by atoms with E-state index in [1.165, 1.54) is 12.0 Å². The molecule has 1 aromatic carbocycles. The van der Waals surface area contributed by atoms with E-state index in [0.29, 0.717) is 11.8 Å². The van der Waals surface area contributed by atoms with Crippen LogP contribution in [0, 0.1) is 5.92 Å². The second kappa shape index (κ2) is 5.20. The van der Waals surface area contributed by atoms with Crippen LogP contribution in [0.4, 0.5) is 0 Å². The summed E-state index contributed by atoms with van der Waals surface area (Å²) >= 11 is 12.0. The van der Waals surface area contributed by atoms with Crippen molar-refractivity contribution >= 4 is 28.4 Å². The summed E-state index contributed by atoms with van der Waals surface area (Å²) in [7, 11) is 1.76.